The molecule has 6 nitrogen and oxygen atoms in total. The Bertz CT molecular complexity index is 672. The number of hydrogen-bond donors (Lipinski definition) is 3. The molecule has 1 aromatic carbocycles. The van der Waals surface area contributed by atoms with Crippen molar-refractivity contribution in [2.75, 3.05) is 18.1 Å². The minimum atomic E-state index is -1.24. The molecule has 0 unspecified atom stereocenters. The van der Waals surface area contributed by atoms with Crippen LogP contribution in [0.25, 0.3) is 5.57 Å². The van der Waals surface area contributed by atoms with Gasteiger partial charge in [-0.25, -0.2) is 0 Å². The Hall–Kier alpha value is -1.60. The summed E-state index contributed by atoms with van der Waals surface area (Å²) >= 11 is 0. The smallest absolute Gasteiger partial charge is 0.159 e. The summed E-state index contributed by atoms with van der Waals surface area (Å²) in [7, 11) is 0. The molecule has 0 radical (unpaired) electrons. The highest BCUT2D eigenvalue weighted by Gasteiger charge is 2.46. The van der Waals surface area contributed by atoms with Gasteiger partial charge >= 0.3 is 0 Å². The fraction of sp³-hybridized carbons (Fsp3) is 0.579. The van der Waals surface area contributed by atoms with E-state index in [1.165, 1.54) is 0 Å². The van der Waals surface area contributed by atoms with E-state index in [1.807, 2.05) is 50.8 Å². The highest BCUT2D eigenvalue weighted by Crippen LogP contribution is 2.43. The van der Waals surface area contributed by atoms with Crippen molar-refractivity contribution in [1.29, 1.82) is 0 Å². The van der Waals surface area contributed by atoms with Gasteiger partial charge in [0, 0.05) is 11.3 Å². The number of ether oxygens (including phenoxy) is 2. The number of allylic oxidation sites excluding steroid dienone is 1. The molecule has 0 bridgehead atoms. The molecule has 4 atom stereocenters. The van der Waals surface area contributed by atoms with Crippen molar-refractivity contribution in [2.45, 2.75) is 57.8 Å². The fourth-order valence-corrected chi connectivity index (χ4v) is 3.77. The van der Waals surface area contributed by atoms with Crippen LogP contribution in [0.5, 0.6) is 5.75 Å². The lowest BCUT2D eigenvalue weighted by Gasteiger charge is -2.51. The fourth-order valence-electron chi connectivity index (χ4n) is 3.77. The topological polar surface area (TPSA) is 82.4 Å². The van der Waals surface area contributed by atoms with Crippen LogP contribution in [0.3, 0.4) is 0 Å². The summed E-state index contributed by atoms with van der Waals surface area (Å²) in [6.07, 6.45) is -2.19. The largest absolute Gasteiger partial charge is 0.494 e. The van der Waals surface area contributed by atoms with Crippen LogP contribution in [0.15, 0.2) is 24.3 Å². The Labute approximate surface area is 148 Å². The van der Waals surface area contributed by atoms with E-state index in [1.54, 1.807) is 0 Å². The molecule has 0 saturated carbocycles. The highest BCUT2D eigenvalue weighted by molar-refractivity contribution is 5.82. The Morgan fingerprint density at radius 3 is 2.64 bits per heavy atom. The van der Waals surface area contributed by atoms with Gasteiger partial charge in [0.2, 0.25) is 0 Å². The molecular formula is C19H27NO5. The van der Waals surface area contributed by atoms with Crippen molar-refractivity contribution in [1.82, 2.24) is 0 Å². The summed E-state index contributed by atoms with van der Waals surface area (Å²) in [5, 5.41) is 30.3. The number of fused-ring (bicyclic) bond motifs is 1. The molecule has 6 heteroatoms. The SMILES string of the molecule is CCOc1ccc2c(c1)C(C)=CC(C)(C)N2[C@@H]1OC[C@@H](O)[C@H](O)[C@H]1O. The summed E-state index contributed by atoms with van der Waals surface area (Å²) < 4.78 is 11.3. The quantitative estimate of drug-likeness (QED) is 0.768. The predicted molar refractivity (Wildman–Crippen MR) is 95.6 cm³/mol. The van der Waals surface area contributed by atoms with Gasteiger partial charge in [-0.2, -0.15) is 0 Å². The zero-order valence-corrected chi connectivity index (χ0v) is 15.1. The van der Waals surface area contributed by atoms with Gasteiger partial charge < -0.3 is 29.7 Å². The van der Waals surface area contributed by atoms with E-state index in [4.69, 9.17) is 9.47 Å². The van der Waals surface area contributed by atoms with Crippen molar-refractivity contribution in [3.05, 3.63) is 29.8 Å². The summed E-state index contributed by atoms with van der Waals surface area (Å²) in [6, 6.07) is 5.82. The molecular weight excluding hydrogens is 322 g/mol. The molecule has 2 aliphatic heterocycles. The summed E-state index contributed by atoms with van der Waals surface area (Å²) in [4.78, 5) is 1.96. The van der Waals surface area contributed by atoms with Crippen molar-refractivity contribution in [3.63, 3.8) is 0 Å². The molecule has 0 aliphatic carbocycles. The maximum absolute atomic E-state index is 10.5. The lowest BCUT2D eigenvalue weighted by molar-refractivity contribution is -0.189. The number of anilines is 1. The third-order valence-electron chi connectivity index (χ3n) is 4.88. The number of benzene rings is 1. The Kier molecular flexibility index (Phi) is 4.81. The summed E-state index contributed by atoms with van der Waals surface area (Å²) in [5.74, 6) is 0.786. The molecule has 1 fully saturated rings. The predicted octanol–water partition coefficient (Wildman–Crippen LogP) is 1.53. The van der Waals surface area contributed by atoms with Crippen LogP contribution in [0, 0.1) is 0 Å². The summed E-state index contributed by atoms with van der Waals surface area (Å²) in [6.45, 7) is 8.61. The maximum atomic E-state index is 10.5. The molecule has 1 aromatic rings. The van der Waals surface area contributed by atoms with Gasteiger partial charge in [-0.3, -0.25) is 0 Å². The minimum Gasteiger partial charge on any atom is -0.494 e. The number of rotatable bonds is 3. The second-order valence-electron chi connectivity index (χ2n) is 7.24. The molecule has 0 aromatic heterocycles. The minimum absolute atomic E-state index is 0.0233. The molecule has 0 amide bonds. The number of hydrogen-bond acceptors (Lipinski definition) is 6. The highest BCUT2D eigenvalue weighted by atomic mass is 16.5. The van der Waals surface area contributed by atoms with Crippen molar-refractivity contribution in [2.24, 2.45) is 0 Å². The van der Waals surface area contributed by atoms with Crippen LogP contribution in [-0.4, -0.2) is 58.6 Å². The zero-order valence-electron chi connectivity index (χ0n) is 15.1. The standard InChI is InChI=1S/C19H27NO5/c1-5-24-12-6-7-14-13(8-12)11(2)9-19(3,4)20(14)18-17(23)16(22)15(21)10-25-18/h6-9,15-18,21-23H,5,10H2,1-4H3/t15-,16+,17-,18-/m1/s1. The van der Waals surface area contributed by atoms with Gasteiger partial charge in [0.15, 0.2) is 6.23 Å². The normalized spacial score (nSPS) is 31.3. The monoisotopic (exact) mass is 349 g/mol. The van der Waals surface area contributed by atoms with E-state index in [2.05, 4.69) is 6.08 Å². The van der Waals surface area contributed by atoms with Crippen molar-refractivity contribution in [3.8, 4) is 5.75 Å². The zero-order chi connectivity index (χ0) is 18.4. The van der Waals surface area contributed by atoms with Gasteiger partial charge in [-0.15, -0.1) is 0 Å². The van der Waals surface area contributed by atoms with Crippen LogP contribution in [0.4, 0.5) is 5.69 Å². The molecule has 0 spiro atoms. The van der Waals surface area contributed by atoms with Gasteiger partial charge in [-0.1, -0.05) is 6.08 Å². The van der Waals surface area contributed by atoms with Gasteiger partial charge in [0.05, 0.1) is 18.8 Å². The van der Waals surface area contributed by atoms with E-state index in [9.17, 15) is 15.3 Å². The van der Waals surface area contributed by atoms with Gasteiger partial charge in [-0.05, 0) is 51.5 Å². The lowest BCUT2D eigenvalue weighted by atomic mass is 9.87. The number of aliphatic hydroxyl groups is 3. The van der Waals surface area contributed by atoms with Crippen molar-refractivity contribution >= 4 is 11.3 Å². The van der Waals surface area contributed by atoms with Crippen LogP contribution < -0.4 is 9.64 Å². The van der Waals surface area contributed by atoms with E-state index < -0.39 is 30.1 Å². The van der Waals surface area contributed by atoms with Crippen LogP contribution in [0.1, 0.15) is 33.3 Å². The van der Waals surface area contributed by atoms with Gasteiger partial charge in [0.1, 0.15) is 24.1 Å². The lowest BCUT2D eigenvalue weighted by Crippen LogP contribution is -2.64. The average molecular weight is 349 g/mol. The Balaban J connectivity index is 2.05. The van der Waals surface area contributed by atoms with E-state index in [0.29, 0.717) is 6.61 Å². The van der Waals surface area contributed by atoms with Crippen LogP contribution in [0.2, 0.25) is 0 Å². The van der Waals surface area contributed by atoms with Gasteiger partial charge in [0.25, 0.3) is 0 Å². The van der Waals surface area contributed by atoms with Crippen molar-refractivity contribution < 1.29 is 24.8 Å². The second kappa shape index (κ2) is 6.61. The third kappa shape index (κ3) is 3.15. The molecule has 25 heavy (non-hydrogen) atoms. The Morgan fingerprint density at radius 1 is 1.24 bits per heavy atom. The molecule has 2 aliphatic rings. The first-order valence-electron chi connectivity index (χ1n) is 8.68. The first-order chi connectivity index (χ1) is 11.8. The molecule has 1 saturated heterocycles. The molecule has 3 rings (SSSR count). The maximum Gasteiger partial charge on any atom is 0.159 e. The first-order valence-corrected chi connectivity index (χ1v) is 8.68. The molecule has 138 valence electrons. The first kappa shape index (κ1) is 18.2. The Morgan fingerprint density at radius 2 is 1.96 bits per heavy atom. The van der Waals surface area contributed by atoms with Crippen LogP contribution in [-0.2, 0) is 4.74 Å². The average Bonchev–Trinajstić information content (AvgIpc) is 2.55. The van der Waals surface area contributed by atoms with Crippen LogP contribution >= 0.6 is 0 Å². The summed E-state index contributed by atoms with van der Waals surface area (Å²) in [5.41, 5.74) is 2.59. The number of nitrogens with zero attached hydrogens (tertiary/aromatic N) is 1. The number of aliphatic hydroxyl groups excluding tert-OH is 3. The third-order valence-corrected chi connectivity index (χ3v) is 4.88. The van der Waals surface area contributed by atoms with E-state index >= 15 is 0 Å². The molecule has 3 N–H and O–H groups in total. The van der Waals surface area contributed by atoms with E-state index in [-0.39, 0.29) is 6.61 Å². The second-order valence-corrected chi connectivity index (χ2v) is 7.24. The molecule has 2 heterocycles. The van der Waals surface area contributed by atoms with E-state index in [0.717, 1.165) is 22.6 Å².